The number of carbonyl (C=O) groups is 1. The van der Waals surface area contributed by atoms with Crippen molar-refractivity contribution < 1.29 is 9.90 Å². The minimum atomic E-state index is -0.710. The summed E-state index contributed by atoms with van der Waals surface area (Å²) < 4.78 is 0. The summed E-state index contributed by atoms with van der Waals surface area (Å²) in [5.74, 6) is 0.631. The van der Waals surface area contributed by atoms with Crippen LogP contribution in [0.5, 0.6) is 0 Å². The van der Waals surface area contributed by atoms with Gasteiger partial charge in [0.25, 0.3) is 0 Å². The second kappa shape index (κ2) is 5.95. The van der Waals surface area contributed by atoms with E-state index in [9.17, 15) is 9.90 Å². The van der Waals surface area contributed by atoms with E-state index >= 15 is 0 Å². The number of carboxylic acid groups (broad SMARTS) is 1. The number of thiophene rings is 1. The van der Waals surface area contributed by atoms with Crippen LogP contribution >= 0.6 is 11.3 Å². The van der Waals surface area contributed by atoms with Gasteiger partial charge in [0, 0.05) is 9.75 Å². The normalized spacial score (nSPS) is 28.5. The first-order valence-corrected chi connectivity index (χ1v) is 11.1. The fourth-order valence-electron chi connectivity index (χ4n) is 5.70. The van der Waals surface area contributed by atoms with Crippen molar-refractivity contribution >= 4 is 22.9 Å². The van der Waals surface area contributed by atoms with Gasteiger partial charge in [-0.2, -0.15) is 0 Å². The first kappa shape index (κ1) is 18.3. The van der Waals surface area contributed by atoms with Gasteiger partial charge < -0.3 is 5.11 Å². The number of fused-ring (bicyclic) bond motifs is 2. The van der Waals surface area contributed by atoms with E-state index in [0.717, 1.165) is 48.5 Å². The molecule has 4 aliphatic carbocycles. The lowest BCUT2D eigenvalue weighted by molar-refractivity contribution is 0.00679. The number of rotatable bonds is 4. The molecule has 1 heterocycles. The molecular weight excluding hydrogens is 340 g/mol. The fourth-order valence-corrected chi connectivity index (χ4v) is 7.16. The molecule has 0 amide bonds. The molecule has 1 fully saturated rings. The molecule has 2 bridgehead atoms. The highest BCUT2D eigenvalue weighted by Crippen LogP contribution is 2.65. The average Bonchev–Trinajstić information content (AvgIpc) is 2.92. The molecule has 2 unspecified atom stereocenters. The molecule has 3 heteroatoms. The Balaban J connectivity index is 1.89. The topological polar surface area (TPSA) is 37.3 Å². The molecule has 0 saturated heterocycles. The lowest BCUT2D eigenvalue weighted by Gasteiger charge is -2.58. The lowest BCUT2D eigenvalue weighted by atomic mass is 9.47. The maximum Gasteiger partial charge on any atom is 0.337 e. The van der Waals surface area contributed by atoms with E-state index in [1.807, 2.05) is 11.3 Å². The summed E-state index contributed by atoms with van der Waals surface area (Å²) in [4.78, 5) is 14.8. The molecule has 4 aliphatic rings. The largest absolute Gasteiger partial charge is 0.478 e. The summed E-state index contributed by atoms with van der Waals surface area (Å²) in [7, 11) is 0. The number of aromatic carboxylic acids is 1. The Labute approximate surface area is 161 Å². The fraction of sp³-hybridized carbons (Fsp3) is 0.696. The van der Waals surface area contributed by atoms with E-state index in [-0.39, 0.29) is 5.41 Å². The van der Waals surface area contributed by atoms with Gasteiger partial charge in [0.2, 0.25) is 0 Å². The van der Waals surface area contributed by atoms with Crippen LogP contribution in [0.3, 0.4) is 0 Å². The molecule has 26 heavy (non-hydrogen) atoms. The van der Waals surface area contributed by atoms with Gasteiger partial charge in [0.15, 0.2) is 0 Å². The van der Waals surface area contributed by atoms with E-state index in [4.69, 9.17) is 0 Å². The SMILES string of the molecule is CCCC1=C(c2sc3c(c2C(=O)O)CC(C)(C)CC3)C2CC(C1)C2(C)C. The number of hydrogen-bond acceptors (Lipinski definition) is 2. The maximum atomic E-state index is 12.3. The first-order valence-electron chi connectivity index (χ1n) is 10.3. The Morgan fingerprint density at radius 2 is 2.00 bits per heavy atom. The van der Waals surface area contributed by atoms with E-state index in [1.165, 1.54) is 23.3 Å². The smallest absolute Gasteiger partial charge is 0.337 e. The van der Waals surface area contributed by atoms with Gasteiger partial charge in [-0.15, -0.1) is 11.3 Å². The van der Waals surface area contributed by atoms with Gasteiger partial charge in [0.1, 0.15) is 0 Å². The van der Waals surface area contributed by atoms with E-state index in [2.05, 4.69) is 34.6 Å². The third-order valence-electron chi connectivity index (χ3n) is 7.48. The van der Waals surface area contributed by atoms with Crippen molar-refractivity contribution in [3.05, 3.63) is 26.5 Å². The minimum absolute atomic E-state index is 0.212. The molecule has 0 aliphatic heterocycles. The summed E-state index contributed by atoms with van der Waals surface area (Å²) in [6.45, 7) is 11.6. The van der Waals surface area contributed by atoms with Crippen LogP contribution in [0.15, 0.2) is 5.57 Å². The van der Waals surface area contributed by atoms with E-state index in [1.54, 1.807) is 5.57 Å². The van der Waals surface area contributed by atoms with Crippen molar-refractivity contribution in [2.75, 3.05) is 0 Å². The van der Waals surface area contributed by atoms with Gasteiger partial charge in [-0.05, 0) is 72.3 Å². The van der Waals surface area contributed by atoms with Crippen molar-refractivity contribution in [3.63, 3.8) is 0 Å². The Bertz CT molecular complexity index is 793. The third kappa shape index (κ3) is 2.61. The zero-order valence-corrected chi connectivity index (χ0v) is 17.7. The highest BCUT2D eigenvalue weighted by Gasteiger charge is 2.54. The quantitative estimate of drug-likeness (QED) is 0.648. The summed E-state index contributed by atoms with van der Waals surface area (Å²) >= 11 is 1.82. The zero-order chi connectivity index (χ0) is 18.9. The standard InChI is InChI=1S/C23H32O2S/c1-6-7-13-10-14-11-16(23(14,4)5)18(13)20-19(21(24)25)15-12-22(2,3)9-8-17(15)26-20/h14,16H,6-12H2,1-5H3,(H,24,25). The van der Waals surface area contributed by atoms with Crippen molar-refractivity contribution in [3.8, 4) is 0 Å². The third-order valence-corrected chi connectivity index (χ3v) is 8.80. The summed E-state index contributed by atoms with van der Waals surface area (Å²) in [6, 6.07) is 0. The monoisotopic (exact) mass is 372 g/mol. The van der Waals surface area contributed by atoms with Crippen LogP contribution < -0.4 is 0 Å². The van der Waals surface area contributed by atoms with Gasteiger partial charge in [-0.3, -0.25) is 0 Å². The van der Waals surface area contributed by atoms with Crippen LogP contribution in [0.1, 0.15) is 92.4 Å². The predicted molar refractivity (Wildman–Crippen MR) is 109 cm³/mol. The second-order valence-corrected chi connectivity index (χ2v) is 11.2. The van der Waals surface area contributed by atoms with E-state index in [0.29, 0.717) is 16.9 Å². The van der Waals surface area contributed by atoms with Crippen LogP contribution in [0.25, 0.3) is 5.57 Å². The molecule has 1 saturated carbocycles. The molecule has 5 rings (SSSR count). The van der Waals surface area contributed by atoms with Crippen LogP contribution in [-0.4, -0.2) is 11.1 Å². The number of hydrogen-bond donors (Lipinski definition) is 1. The highest BCUT2D eigenvalue weighted by atomic mass is 32.1. The molecule has 2 atom stereocenters. The molecule has 1 N–H and O–H groups in total. The minimum Gasteiger partial charge on any atom is -0.478 e. The average molecular weight is 373 g/mol. The van der Waals surface area contributed by atoms with Crippen LogP contribution in [0.4, 0.5) is 0 Å². The number of allylic oxidation sites excluding steroid dienone is 2. The van der Waals surface area contributed by atoms with Crippen LogP contribution in [0.2, 0.25) is 0 Å². The van der Waals surface area contributed by atoms with E-state index < -0.39 is 5.97 Å². The van der Waals surface area contributed by atoms with Crippen LogP contribution in [-0.2, 0) is 12.8 Å². The van der Waals surface area contributed by atoms with Gasteiger partial charge >= 0.3 is 5.97 Å². The molecule has 0 aromatic carbocycles. The molecule has 0 radical (unpaired) electrons. The summed E-state index contributed by atoms with van der Waals surface area (Å²) in [5, 5.41) is 10.1. The predicted octanol–water partition coefficient (Wildman–Crippen LogP) is 6.58. The lowest BCUT2D eigenvalue weighted by Crippen LogP contribution is -2.48. The van der Waals surface area contributed by atoms with Crippen molar-refractivity contribution in [2.45, 2.75) is 79.6 Å². The Hall–Kier alpha value is -1.09. The Morgan fingerprint density at radius 3 is 2.62 bits per heavy atom. The Kier molecular flexibility index (Phi) is 4.19. The van der Waals surface area contributed by atoms with Crippen LogP contribution in [0, 0.1) is 22.7 Å². The summed E-state index contributed by atoms with van der Waals surface area (Å²) in [5.41, 5.74) is 5.34. The second-order valence-electron chi connectivity index (χ2n) is 10.1. The number of aryl methyl sites for hydroxylation is 1. The Morgan fingerprint density at radius 1 is 1.27 bits per heavy atom. The van der Waals surface area contributed by atoms with Gasteiger partial charge in [-0.1, -0.05) is 46.6 Å². The first-order chi connectivity index (χ1) is 12.2. The molecular formula is C23H32O2S. The molecule has 1 aromatic heterocycles. The number of carboxylic acids is 1. The highest BCUT2D eigenvalue weighted by molar-refractivity contribution is 7.13. The molecule has 1 aromatic rings. The molecule has 142 valence electrons. The maximum absolute atomic E-state index is 12.3. The van der Waals surface area contributed by atoms with Crippen molar-refractivity contribution in [2.24, 2.45) is 22.7 Å². The molecule has 0 spiro atoms. The van der Waals surface area contributed by atoms with Gasteiger partial charge in [-0.25, -0.2) is 4.79 Å². The molecule has 2 nitrogen and oxygen atoms in total. The van der Waals surface area contributed by atoms with Crippen molar-refractivity contribution in [1.29, 1.82) is 0 Å². The van der Waals surface area contributed by atoms with Crippen molar-refractivity contribution in [1.82, 2.24) is 0 Å². The zero-order valence-electron chi connectivity index (χ0n) is 16.9. The summed E-state index contributed by atoms with van der Waals surface area (Å²) in [6.07, 6.45) is 7.83. The van der Waals surface area contributed by atoms with Gasteiger partial charge in [0.05, 0.1) is 5.56 Å².